The minimum atomic E-state index is -0.892. The maximum Gasteiger partial charge on any atom is 0.223 e. The lowest BCUT2D eigenvalue weighted by molar-refractivity contribution is -0.130. The van der Waals surface area contributed by atoms with Crippen LogP contribution in [0.15, 0.2) is 18.6 Å². The second kappa shape index (κ2) is 12.9. The molecule has 3 rings (SSSR count). The largest absolute Gasteiger partial charge is 0.390 e. The number of rotatable bonds is 16. The quantitative estimate of drug-likeness (QED) is 0.188. The highest BCUT2D eigenvalue weighted by atomic mass is 16.5. The third-order valence-corrected chi connectivity index (χ3v) is 6.44. The van der Waals surface area contributed by atoms with Crippen LogP contribution in [-0.2, 0) is 48.1 Å². The number of nitrogens with zero attached hydrogens (tertiary/aromatic N) is 9. The molecule has 0 saturated carbocycles. The van der Waals surface area contributed by atoms with Crippen molar-refractivity contribution in [3.63, 3.8) is 0 Å². The van der Waals surface area contributed by atoms with Gasteiger partial charge in [0.1, 0.15) is 23.5 Å². The highest BCUT2D eigenvalue weighted by Crippen LogP contribution is 2.21. The lowest BCUT2D eigenvalue weighted by Gasteiger charge is -2.35. The number of hydrogen-bond donors (Lipinski definition) is 2. The Bertz CT molecular complexity index is 1100. The normalized spacial score (nSPS) is 12.6. The van der Waals surface area contributed by atoms with Crippen molar-refractivity contribution in [2.24, 2.45) is 0 Å². The molecule has 16 heteroatoms. The summed E-state index contributed by atoms with van der Waals surface area (Å²) < 4.78 is 11.2. The van der Waals surface area contributed by atoms with E-state index in [0.717, 1.165) is 36.0 Å². The molecule has 0 unspecified atom stereocenters. The Kier molecular flexibility index (Phi) is 10.1. The summed E-state index contributed by atoms with van der Waals surface area (Å²) in [6.07, 6.45) is 8.51. The minimum Gasteiger partial charge on any atom is -0.390 e. The predicted octanol–water partition coefficient (Wildman–Crippen LogP) is -2.54. The van der Waals surface area contributed by atoms with Gasteiger partial charge in [-0.1, -0.05) is 15.6 Å². The molecule has 3 heterocycles. The molecular weight excluding hydrogens is 497 g/mol. The summed E-state index contributed by atoms with van der Waals surface area (Å²) in [7, 11) is 6.06. The van der Waals surface area contributed by atoms with Crippen LogP contribution in [0.5, 0.6) is 0 Å². The Hall–Kier alpha value is -3.00. The van der Waals surface area contributed by atoms with Crippen LogP contribution in [0.1, 0.15) is 57.6 Å². The van der Waals surface area contributed by atoms with E-state index >= 15 is 0 Å². The van der Waals surface area contributed by atoms with Crippen molar-refractivity contribution < 1.29 is 14.6 Å². The predicted molar refractivity (Wildman–Crippen MR) is 153 cm³/mol. The van der Waals surface area contributed by atoms with E-state index in [-0.39, 0.29) is 12.3 Å². The van der Waals surface area contributed by atoms with Gasteiger partial charge in [0.2, 0.25) is 5.91 Å². The third-order valence-electron chi connectivity index (χ3n) is 6.44. The van der Waals surface area contributed by atoms with Gasteiger partial charge >= 0.3 is 0 Å². The third kappa shape index (κ3) is 9.61. The number of ether oxygens (including phenoxy) is 1. The Labute approximate surface area is 232 Å². The smallest absolute Gasteiger partial charge is 0.223 e. The van der Waals surface area contributed by atoms with Gasteiger partial charge in [0.15, 0.2) is 0 Å². The van der Waals surface area contributed by atoms with Crippen LogP contribution in [0.2, 0.25) is 0 Å². The minimum absolute atomic E-state index is 0.118. The summed E-state index contributed by atoms with van der Waals surface area (Å²) in [5.74, 6) is -0.189. The van der Waals surface area contributed by atoms with Crippen LogP contribution in [-0.4, -0.2) is 103 Å². The molecule has 0 aliphatic rings. The Morgan fingerprint density at radius 3 is 1.59 bits per heavy atom. The maximum absolute atomic E-state index is 13.6. The molecule has 0 aliphatic carbocycles. The Morgan fingerprint density at radius 2 is 1.26 bits per heavy atom. The lowest BCUT2D eigenvalue weighted by Crippen LogP contribution is -2.58. The van der Waals surface area contributed by atoms with Crippen LogP contribution in [0.4, 0.5) is 0 Å². The molecular formula is C23H41B3N10O3. The highest BCUT2D eigenvalue weighted by molar-refractivity contribution is 6.08. The van der Waals surface area contributed by atoms with Gasteiger partial charge in [0, 0.05) is 18.6 Å². The number of carbonyl (C=O) groups is 1. The van der Waals surface area contributed by atoms with E-state index in [1.54, 1.807) is 27.9 Å². The van der Waals surface area contributed by atoms with Gasteiger partial charge in [0.05, 0.1) is 66.5 Å². The molecule has 3 aromatic rings. The summed E-state index contributed by atoms with van der Waals surface area (Å²) in [6.45, 7) is 8.54. The Balaban J connectivity index is 1.91. The fraction of sp³-hybridized carbons (Fsp3) is 0.696. The second-order valence-corrected chi connectivity index (χ2v) is 11.5. The van der Waals surface area contributed by atoms with Gasteiger partial charge in [-0.15, -0.1) is 15.3 Å². The number of hydrogen-bond acceptors (Lipinski definition) is 9. The number of amides is 1. The van der Waals surface area contributed by atoms with Gasteiger partial charge in [-0.25, -0.2) is 14.0 Å². The van der Waals surface area contributed by atoms with Crippen LogP contribution >= 0.6 is 0 Å². The molecule has 2 N–H and O–H groups in total. The standard InChI is InChI=1S/C23H41B3N10O3/c1-21(2,38)5-6-39-22(3,4)7-20(37)27-23(14-34-11-17(8-24)28-31-34,15-35-12-18(9-25)29-32-35)16-36-13-19(10-26)30-33-36/h11-13,38H,5-10,14-16,24-26H2,1-4H3,(H,27,37). The van der Waals surface area contributed by atoms with Gasteiger partial charge in [-0.3, -0.25) is 4.79 Å². The van der Waals surface area contributed by atoms with Gasteiger partial charge in [0.25, 0.3) is 0 Å². The number of nitrogens with one attached hydrogen (secondary N) is 1. The van der Waals surface area contributed by atoms with Crippen molar-refractivity contribution >= 4 is 29.4 Å². The zero-order chi connectivity index (χ0) is 28.7. The molecule has 0 fully saturated rings. The summed E-state index contributed by atoms with van der Waals surface area (Å²) in [6, 6.07) is 0. The lowest BCUT2D eigenvalue weighted by atomic mass is 9.96. The molecule has 0 aliphatic heterocycles. The molecule has 0 spiro atoms. The summed E-state index contributed by atoms with van der Waals surface area (Å²) in [5, 5.41) is 39.0. The first kappa shape index (κ1) is 30.5. The van der Waals surface area contributed by atoms with E-state index in [2.05, 4.69) is 36.3 Å². The summed E-state index contributed by atoms with van der Waals surface area (Å²) in [5.41, 5.74) is 0.108. The molecule has 0 saturated heterocycles. The van der Waals surface area contributed by atoms with Crippen LogP contribution < -0.4 is 5.32 Å². The van der Waals surface area contributed by atoms with E-state index in [4.69, 9.17) is 4.74 Å². The van der Waals surface area contributed by atoms with Crippen LogP contribution in [0.3, 0.4) is 0 Å². The zero-order valence-corrected chi connectivity index (χ0v) is 24.4. The molecule has 39 heavy (non-hydrogen) atoms. The fourth-order valence-corrected chi connectivity index (χ4v) is 4.29. The Morgan fingerprint density at radius 1 is 0.846 bits per heavy atom. The van der Waals surface area contributed by atoms with Crippen molar-refractivity contribution in [3.05, 3.63) is 35.7 Å². The number of carbonyl (C=O) groups excluding carboxylic acids is 1. The summed E-state index contributed by atoms with van der Waals surface area (Å²) in [4.78, 5) is 13.6. The second-order valence-electron chi connectivity index (χ2n) is 11.5. The fourth-order valence-electron chi connectivity index (χ4n) is 4.29. The average Bonchev–Trinajstić information content (AvgIpc) is 3.58. The summed E-state index contributed by atoms with van der Waals surface area (Å²) >= 11 is 0. The van der Waals surface area contributed by atoms with E-state index in [0.29, 0.717) is 32.7 Å². The van der Waals surface area contributed by atoms with Crippen molar-refractivity contribution in [1.82, 2.24) is 50.3 Å². The topological polar surface area (TPSA) is 151 Å². The van der Waals surface area contributed by atoms with Gasteiger partial charge in [-0.2, -0.15) is 0 Å². The molecule has 0 bridgehead atoms. The van der Waals surface area contributed by atoms with E-state index in [9.17, 15) is 9.90 Å². The van der Waals surface area contributed by atoms with Crippen molar-refractivity contribution in [2.75, 3.05) is 6.61 Å². The molecule has 1 amide bonds. The van der Waals surface area contributed by atoms with Crippen LogP contribution in [0.25, 0.3) is 0 Å². The molecule has 0 aromatic carbocycles. The van der Waals surface area contributed by atoms with E-state index < -0.39 is 16.7 Å². The SMILES string of the molecule is BCc1cn(CC(Cn2cc(CB)nn2)(Cn2cc(CB)nn2)NC(=O)CC(C)(C)OCCC(C)(C)O)nn1. The van der Waals surface area contributed by atoms with Crippen molar-refractivity contribution in [3.8, 4) is 0 Å². The molecule has 210 valence electrons. The molecule has 0 atom stereocenters. The van der Waals surface area contributed by atoms with E-state index in [1.807, 2.05) is 56.0 Å². The molecule has 0 radical (unpaired) electrons. The van der Waals surface area contributed by atoms with E-state index in [1.165, 1.54) is 0 Å². The average molecular weight is 538 g/mol. The maximum atomic E-state index is 13.6. The molecule has 3 aromatic heterocycles. The first-order valence-electron chi connectivity index (χ1n) is 13.7. The zero-order valence-electron chi connectivity index (χ0n) is 24.4. The van der Waals surface area contributed by atoms with Crippen molar-refractivity contribution in [2.45, 2.75) is 95.9 Å². The number of aromatic nitrogens is 9. The number of aliphatic hydroxyl groups is 1. The first-order chi connectivity index (χ1) is 18.3. The first-order valence-corrected chi connectivity index (χ1v) is 13.7. The highest BCUT2D eigenvalue weighted by Gasteiger charge is 2.37. The van der Waals surface area contributed by atoms with Gasteiger partial charge < -0.3 is 15.2 Å². The van der Waals surface area contributed by atoms with Crippen molar-refractivity contribution in [1.29, 1.82) is 0 Å². The monoisotopic (exact) mass is 538 g/mol. The van der Waals surface area contributed by atoms with Gasteiger partial charge in [-0.05, 0) is 53.1 Å². The van der Waals surface area contributed by atoms with Crippen LogP contribution in [0, 0.1) is 0 Å². The molecule has 13 nitrogen and oxygen atoms in total.